The summed E-state index contributed by atoms with van der Waals surface area (Å²) in [7, 11) is 0. The molecule has 4 nitrogen and oxygen atoms in total. The van der Waals surface area contributed by atoms with Crippen LogP contribution in [-0.2, 0) is 14.3 Å². The minimum absolute atomic E-state index is 0.0287. The highest BCUT2D eigenvalue weighted by Gasteiger charge is 2.14. The van der Waals surface area contributed by atoms with E-state index in [0.29, 0.717) is 12.8 Å². The van der Waals surface area contributed by atoms with Gasteiger partial charge in [0.1, 0.15) is 6.10 Å². The maximum atomic E-state index is 12.8. The normalized spacial score (nSPS) is 12.5. The molecule has 0 fully saturated rings. The molecule has 1 unspecified atom stereocenters. The molecule has 0 saturated heterocycles. The Balaban J connectivity index is 3.97. The van der Waals surface area contributed by atoms with Crippen LogP contribution < -0.4 is 0 Å². The lowest BCUT2D eigenvalue weighted by molar-refractivity contribution is -0.150. The van der Waals surface area contributed by atoms with E-state index in [4.69, 9.17) is 9.84 Å². The van der Waals surface area contributed by atoms with Crippen LogP contribution in [0.25, 0.3) is 0 Å². The largest absolute Gasteiger partial charge is 0.481 e. The van der Waals surface area contributed by atoms with Crippen molar-refractivity contribution in [3.8, 4) is 0 Å². The second-order valence-electron chi connectivity index (χ2n) is 15.6. The molecule has 0 amide bonds. The van der Waals surface area contributed by atoms with Gasteiger partial charge in [-0.05, 0) is 96.3 Å². The van der Waals surface area contributed by atoms with E-state index in [0.717, 1.165) is 57.8 Å². The van der Waals surface area contributed by atoms with Gasteiger partial charge in [-0.1, -0.05) is 179 Å². The molecule has 4 heteroatoms. The highest BCUT2D eigenvalue weighted by Crippen LogP contribution is 2.19. The molecule has 0 aromatic rings. The summed E-state index contributed by atoms with van der Waals surface area (Å²) in [5.41, 5.74) is 0. The molecule has 52 heavy (non-hydrogen) atoms. The van der Waals surface area contributed by atoms with E-state index in [1.165, 1.54) is 167 Å². The maximum absolute atomic E-state index is 12.8. The highest BCUT2D eigenvalue weighted by molar-refractivity contribution is 5.69. The molecule has 0 aliphatic carbocycles. The van der Waals surface area contributed by atoms with Gasteiger partial charge in [0.25, 0.3) is 0 Å². The molecule has 0 aliphatic rings. The SMILES string of the molecule is CCCCC/C=C\C/C=C\CCCC/C=C\CCCCCCCC(=O)OC(CCCCCCCCCC)CCCCCCCCCCCCC(=O)O. The van der Waals surface area contributed by atoms with Crippen LogP contribution in [0.4, 0.5) is 0 Å². The molecule has 0 aromatic carbocycles. The Morgan fingerprint density at radius 1 is 0.423 bits per heavy atom. The summed E-state index contributed by atoms with van der Waals surface area (Å²) in [5.74, 6) is -0.645. The summed E-state index contributed by atoms with van der Waals surface area (Å²) in [6, 6.07) is 0. The summed E-state index contributed by atoms with van der Waals surface area (Å²) in [6.07, 6.45) is 57.6. The Morgan fingerprint density at radius 3 is 1.21 bits per heavy atom. The van der Waals surface area contributed by atoms with Crippen molar-refractivity contribution in [1.82, 2.24) is 0 Å². The van der Waals surface area contributed by atoms with Crippen molar-refractivity contribution in [2.45, 2.75) is 258 Å². The first kappa shape index (κ1) is 50.2. The van der Waals surface area contributed by atoms with Crippen LogP contribution in [0.15, 0.2) is 36.5 Å². The van der Waals surface area contributed by atoms with E-state index in [1.54, 1.807) is 0 Å². The van der Waals surface area contributed by atoms with Crippen molar-refractivity contribution in [2.75, 3.05) is 0 Å². The smallest absolute Gasteiger partial charge is 0.306 e. The number of carbonyl (C=O) groups is 2. The Bertz CT molecular complexity index is 828. The first-order chi connectivity index (χ1) is 25.6. The second-order valence-corrected chi connectivity index (χ2v) is 15.6. The number of hydrogen-bond donors (Lipinski definition) is 1. The summed E-state index contributed by atoms with van der Waals surface area (Å²) in [5, 5.41) is 8.74. The van der Waals surface area contributed by atoms with E-state index in [9.17, 15) is 9.59 Å². The predicted octanol–water partition coefficient (Wildman–Crippen LogP) is 16.1. The van der Waals surface area contributed by atoms with Gasteiger partial charge >= 0.3 is 11.9 Å². The minimum Gasteiger partial charge on any atom is -0.481 e. The molecular formula is C48H88O4. The van der Waals surface area contributed by atoms with Crippen LogP contribution in [0.3, 0.4) is 0 Å². The number of rotatable bonds is 42. The van der Waals surface area contributed by atoms with E-state index in [2.05, 4.69) is 50.3 Å². The summed E-state index contributed by atoms with van der Waals surface area (Å²) in [6.45, 7) is 4.53. The van der Waals surface area contributed by atoms with Crippen LogP contribution in [0.2, 0.25) is 0 Å². The average Bonchev–Trinajstić information content (AvgIpc) is 3.13. The molecule has 1 N–H and O–H groups in total. The fourth-order valence-electron chi connectivity index (χ4n) is 6.92. The monoisotopic (exact) mass is 729 g/mol. The molecule has 0 aromatic heterocycles. The van der Waals surface area contributed by atoms with E-state index < -0.39 is 5.97 Å². The van der Waals surface area contributed by atoms with Gasteiger partial charge in [0.15, 0.2) is 0 Å². The highest BCUT2D eigenvalue weighted by atomic mass is 16.5. The van der Waals surface area contributed by atoms with Crippen molar-refractivity contribution in [3.05, 3.63) is 36.5 Å². The second kappa shape index (κ2) is 43.6. The quantitative estimate of drug-likeness (QED) is 0.0386. The van der Waals surface area contributed by atoms with Crippen LogP contribution in [0, 0.1) is 0 Å². The topological polar surface area (TPSA) is 63.6 Å². The van der Waals surface area contributed by atoms with Crippen LogP contribution in [0.1, 0.15) is 251 Å². The third-order valence-electron chi connectivity index (χ3n) is 10.3. The molecule has 1 atom stereocenters. The average molecular weight is 729 g/mol. The van der Waals surface area contributed by atoms with E-state index >= 15 is 0 Å². The van der Waals surface area contributed by atoms with Gasteiger partial charge < -0.3 is 9.84 Å². The van der Waals surface area contributed by atoms with Gasteiger partial charge in [-0.2, -0.15) is 0 Å². The summed E-state index contributed by atoms with van der Waals surface area (Å²) < 4.78 is 6.07. The van der Waals surface area contributed by atoms with Gasteiger partial charge in [0.05, 0.1) is 0 Å². The molecule has 0 saturated carbocycles. The fraction of sp³-hybridized carbons (Fsp3) is 0.833. The molecule has 0 radical (unpaired) electrons. The van der Waals surface area contributed by atoms with Crippen molar-refractivity contribution < 1.29 is 19.4 Å². The van der Waals surface area contributed by atoms with Crippen molar-refractivity contribution in [2.24, 2.45) is 0 Å². The zero-order valence-electron chi connectivity index (χ0n) is 34.9. The summed E-state index contributed by atoms with van der Waals surface area (Å²) >= 11 is 0. The van der Waals surface area contributed by atoms with Gasteiger partial charge in [-0.15, -0.1) is 0 Å². The lowest BCUT2D eigenvalue weighted by atomic mass is 10.0. The zero-order valence-corrected chi connectivity index (χ0v) is 34.9. The van der Waals surface area contributed by atoms with Gasteiger partial charge in [0, 0.05) is 12.8 Å². The standard InChI is InChI=1S/C48H88O4/c1-3-5-7-9-11-13-14-15-16-17-18-19-20-21-22-23-24-29-33-37-41-45-48(51)52-46(42-38-34-30-12-10-8-6-4-2)43-39-35-31-27-25-26-28-32-36-40-44-47(49)50/h11,13,15-16,21-22,46H,3-10,12,14,17-20,23-45H2,1-2H3,(H,49,50)/b13-11-,16-15-,22-21-. The number of ether oxygens (including phenoxy) is 1. The van der Waals surface area contributed by atoms with Gasteiger partial charge in [-0.25, -0.2) is 0 Å². The maximum Gasteiger partial charge on any atom is 0.306 e. The molecule has 0 heterocycles. The number of carboxylic acid groups (broad SMARTS) is 1. The molecule has 0 aliphatic heterocycles. The van der Waals surface area contributed by atoms with Crippen LogP contribution >= 0.6 is 0 Å². The molecular weight excluding hydrogens is 641 g/mol. The zero-order chi connectivity index (χ0) is 37.8. The number of aliphatic carboxylic acids is 1. The van der Waals surface area contributed by atoms with Crippen LogP contribution in [0.5, 0.6) is 0 Å². The predicted molar refractivity (Wildman–Crippen MR) is 227 cm³/mol. The Morgan fingerprint density at radius 2 is 0.750 bits per heavy atom. The lowest BCUT2D eigenvalue weighted by Gasteiger charge is -2.18. The Hall–Kier alpha value is -1.84. The van der Waals surface area contributed by atoms with Crippen molar-refractivity contribution in [1.29, 1.82) is 0 Å². The Kier molecular flexibility index (Phi) is 42.0. The lowest BCUT2D eigenvalue weighted by Crippen LogP contribution is -2.18. The number of carbonyl (C=O) groups excluding carboxylic acids is 1. The summed E-state index contributed by atoms with van der Waals surface area (Å²) in [4.78, 5) is 23.4. The van der Waals surface area contributed by atoms with Gasteiger partial charge in [0.2, 0.25) is 0 Å². The minimum atomic E-state index is -0.674. The third-order valence-corrected chi connectivity index (χ3v) is 10.3. The number of unbranched alkanes of at least 4 members (excludes halogenated alkanes) is 27. The van der Waals surface area contributed by atoms with Crippen molar-refractivity contribution >= 4 is 11.9 Å². The number of esters is 1. The Labute approximate surface area is 324 Å². The molecule has 0 spiro atoms. The van der Waals surface area contributed by atoms with E-state index in [-0.39, 0.29) is 12.1 Å². The number of hydrogen-bond acceptors (Lipinski definition) is 3. The first-order valence-corrected chi connectivity index (χ1v) is 23.0. The fourth-order valence-corrected chi connectivity index (χ4v) is 6.92. The molecule has 0 bridgehead atoms. The van der Waals surface area contributed by atoms with E-state index in [1.807, 2.05) is 0 Å². The van der Waals surface area contributed by atoms with Crippen molar-refractivity contribution in [3.63, 3.8) is 0 Å². The number of carboxylic acids is 1. The third kappa shape index (κ3) is 42.6. The molecule has 0 rings (SSSR count). The first-order valence-electron chi connectivity index (χ1n) is 23.0. The number of allylic oxidation sites excluding steroid dienone is 6. The van der Waals surface area contributed by atoms with Gasteiger partial charge in [-0.3, -0.25) is 9.59 Å². The molecule has 304 valence electrons. The van der Waals surface area contributed by atoms with Crippen LogP contribution in [-0.4, -0.2) is 23.1 Å².